The quantitative estimate of drug-likeness (QED) is 0.447. The number of rotatable bonds is 3. The Kier molecular flexibility index (Phi) is 3.39. The maximum Gasteiger partial charge on any atom is 0.348 e. The molecule has 0 fully saturated rings. The molecule has 0 amide bonds. The second-order valence-corrected chi connectivity index (χ2v) is 2.85. The zero-order valence-electron chi connectivity index (χ0n) is 4.60. The summed E-state index contributed by atoms with van der Waals surface area (Å²) in [4.78, 5) is 25.9. The molecule has 0 aromatic heterocycles. The fourth-order valence-electron chi connectivity index (χ4n) is 0.254. The van der Waals surface area contributed by atoms with Gasteiger partial charge in [-0.15, -0.1) is 0 Å². The molecule has 0 aliphatic heterocycles. The topological polar surface area (TPSA) is 74.6 Å². The summed E-state index contributed by atoms with van der Waals surface area (Å²) < 4.78 is 10.00. The third-order valence-electron chi connectivity index (χ3n) is 0.532. The predicted molar refractivity (Wildman–Crippen MR) is 31.9 cm³/mol. The maximum atomic E-state index is 10.00. The maximum absolute atomic E-state index is 10.00. The van der Waals surface area contributed by atoms with Crippen molar-refractivity contribution in [1.82, 2.24) is 0 Å². The third-order valence-corrected chi connectivity index (χ3v) is 1.13. The lowest BCUT2D eigenvalue weighted by Crippen LogP contribution is -1.70. The Morgan fingerprint density at radius 2 is 2.00 bits per heavy atom. The first kappa shape index (κ1) is 8.56. The Balaban J connectivity index is 3.71. The lowest BCUT2D eigenvalue weighted by molar-refractivity contribution is -0.107. The minimum absolute atomic E-state index is 0.0467. The summed E-state index contributed by atoms with van der Waals surface area (Å²) in [5.41, 5.74) is 0. The molecule has 0 bridgehead atoms. The lowest BCUT2D eigenvalue weighted by atomic mass is 10.5. The van der Waals surface area contributed by atoms with E-state index < -0.39 is 7.60 Å². The van der Waals surface area contributed by atoms with Crippen molar-refractivity contribution >= 4 is 13.9 Å². The van der Waals surface area contributed by atoms with Crippen LogP contribution in [0.3, 0.4) is 0 Å². The van der Waals surface area contributed by atoms with Crippen LogP contribution in [0.25, 0.3) is 0 Å². The van der Waals surface area contributed by atoms with Gasteiger partial charge < -0.3 is 14.6 Å². The molecule has 0 aromatic rings. The average Bonchev–Trinajstić information content (AvgIpc) is 1.63. The monoisotopic (exact) mass is 150 g/mol. The highest BCUT2D eigenvalue weighted by molar-refractivity contribution is 7.55. The van der Waals surface area contributed by atoms with Gasteiger partial charge in [-0.1, -0.05) is 6.08 Å². The molecule has 0 saturated carbocycles. The molecule has 5 heteroatoms. The van der Waals surface area contributed by atoms with Gasteiger partial charge >= 0.3 is 7.60 Å². The number of allylic oxidation sites excluding steroid dienone is 1. The van der Waals surface area contributed by atoms with Crippen LogP contribution in [-0.4, -0.2) is 16.1 Å². The fraction of sp³-hybridized carbons (Fsp3) is 0.250. The van der Waals surface area contributed by atoms with E-state index in [4.69, 9.17) is 9.79 Å². The van der Waals surface area contributed by atoms with E-state index in [1.807, 2.05) is 0 Å². The molecule has 0 saturated heterocycles. The highest BCUT2D eigenvalue weighted by Gasteiger charge is 2.03. The summed E-state index contributed by atoms with van der Waals surface area (Å²) in [5, 5.41) is 0. The number of carbonyl (C=O) groups excluding carboxylic acids is 1. The standard InChI is InChI=1S/C4H7O4P/c5-3-1-2-4-9(6,7)8/h2-4H,1H2,(H2,6,7,8). The lowest BCUT2D eigenvalue weighted by Gasteiger charge is -1.90. The zero-order valence-corrected chi connectivity index (χ0v) is 5.49. The second kappa shape index (κ2) is 3.56. The molecule has 0 rings (SSSR count). The van der Waals surface area contributed by atoms with E-state index in [-0.39, 0.29) is 6.42 Å². The molecule has 52 valence electrons. The van der Waals surface area contributed by atoms with Crippen molar-refractivity contribution in [3.63, 3.8) is 0 Å². The van der Waals surface area contributed by atoms with Gasteiger partial charge in [0.1, 0.15) is 6.29 Å². The molecule has 0 spiro atoms. The first-order chi connectivity index (χ1) is 4.06. The molecular formula is C4H7O4P. The molecule has 0 unspecified atom stereocenters. The van der Waals surface area contributed by atoms with E-state index in [1.54, 1.807) is 0 Å². The van der Waals surface area contributed by atoms with Gasteiger partial charge in [0.15, 0.2) is 0 Å². The van der Waals surface area contributed by atoms with Gasteiger partial charge in [-0.2, -0.15) is 0 Å². The predicted octanol–water partition coefficient (Wildman–Crippen LogP) is 0.267. The SMILES string of the molecule is O=CCC=CP(=O)(O)O. The van der Waals surface area contributed by atoms with Crippen LogP contribution in [-0.2, 0) is 9.36 Å². The van der Waals surface area contributed by atoms with Crippen LogP contribution in [0.15, 0.2) is 11.9 Å². The summed E-state index contributed by atoms with van der Waals surface area (Å²) in [5.74, 6) is 0.710. The molecule has 0 aromatic carbocycles. The summed E-state index contributed by atoms with van der Waals surface area (Å²) in [6.07, 6.45) is 1.74. The first-order valence-electron chi connectivity index (χ1n) is 2.23. The fourth-order valence-corrected chi connectivity index (χ4v) is 0.650. The van der Waals surface area contributed by atoms with Crippen molar-refractivity contribution in [2.24, 2.45) is 0 Å². The molecule has 0 aliphatic rings. The van der Waals surface area contributed by atoms with E-state index in [0.29, 0.717) is 12.1 Å². The molecule has 0 aliphatic carbocycles. The van der Waals surface area contributed by atoms with E-state index in [0.717, 1.165) is 6.08 Å². The molecule has 0 atom stereocenters. The highest BCUT2D eigenvalue weighted by atomic mass is 31.2. The third kappa shape index (κ3) is 7.56. The van der Waals surface area contributed by atoms with Crippen LogP contribution in [0.2, 0.25) is 0 Å². The Morgan fingerprint density at radius 1 is 1.44 bits per heavy atom. The largest absolute Gasteiger partial charge is 0.348 e. The van der Waals surface area contributed by atoms with Gasteiger partial charge in [0.05, 0.1) is 0 Å². The number of hydrogen-bond donors (Lipinski definition) is 2. The van der Waals surface area contributed by atoms with Gasteiger partial charge in [-0.25, -0.2) is 0 Å². The smallest absolute Gasteiger partial charge is 0.321 e. The molecular weight excluding hydrogens is 143 g/mol. The van der Waals surface area contributed by atoms with Crippen LogP contribution in [0, 0.1) is 0 Å². The average molecular weight is 150 g/mol. The minimum Gasteiger partial charge on any atom is -0.321 e. The van der Waals surface area contributed by atoms with Gasteiger partial charge in [0, 0.05) is 12.2 Å². The minimum atomic E-state index is -4.03. The normalized spacial score (nSPS) is 12.2. The summed E-state index contributed by atoms with van der Waals surface area (Å²) in [6, 6.07) is 0. The Bertz CT molecular complexity index is 156. The van der Waals surface area contributed by atoms with Crippen molar-refractivity contribution in [3.8, 4) is 0 Å². The van der Waals surface area contributed by atoms with Crippen LogP contribution < -0.4 is 0 Å². The number of aldehydes is 1. The van der Waals surface area contributed by atoms with E-state index >= 15 is 0 Å². The van der Waals surface area contributed by atoms with Crippen LogP contribution >= 0.6 is 7.60 Å². The Hall–Kier alpha value is -0.440. The highest BCUT2D eigenvalue weighted by Crippen LogP contribution is 2.35. The van der Waals surface area contributed by atoms with Crippen molar-refractivity contribution < 1.29 is 19.1 Å². The summed E-state index contributed by atoms with van der Waals surface area (Å²) >= 11 is 0. The van der Waals surface area contributed by atoms with Crippen molar-refractivity contribution in [3.05, 3.63) is 11.9 Å². The first-order valence-corrected chi connectivity index (χ1v) is 3.91. The zero-order chi connectivity index (χ0) is 7.33. The Labute approximate surface area is 52.4 Å². The molecule has 0 heterocycles. The summed E-state index contributed by atoms with van der Waals surface area (Å²) in [7, 11) is -4.03. The van der Waals surface area contributed by atoms with Crippen molar-refractivity contribution in [2.75, 3.05) is 0 Å². The van der Waals surface area contributed by atoms with Crippen LogP contribution in [0.5, 0.6) is 0 Å². The van der Waals surface area contributed by atoms with Crippen molar-refractivity contribution in [1.29, 1.82) is 0 Å². The Morgan fingerprint density at radius 3 is 2.33 bits per heavy atom. The molecule has 2 N–H and O–H groups in total. The number of carbonyl (C=O) groups is 1. The number of hydrogen-bond acceptors (Lipinski definition) is 2. The van der Waals surface area contributed by atoms with E-state index in [2.05, 4.69) is 0 Å². The van der Waals surface area contributed by atoms with Gasteiger partial charge in [-0.05, 0) is 0 Å². The van der Waals surface area contributed by atoms with Gasteiger partial charge in [0.25, 0.3) is 0 Å². The molecule has 0 radical (unpaired) electrons. The molecule has 9 heavy (non-hydrogen) atoms. The van der Waals surface area contributed by atoms with Crippen molar-refractivity contribution in [2.45, 2.75) is 6.42 Å². The van der Waals surface area contributed by atoms with Gasteiger partial charge in [0.2, 0.25) is 0 Å². The van der Waals surface area contributed by atoms with E-state index in [9.17, 15) is 9.36 Å². The van der Waals surface area contributed by atoms with E-state index in [1.165, 1.54) is 0 Å². The summed E-state index contributed by atoms with van der Waals surface area (Å²) in [6.45, 7) is 0. The van der Waals surface area contributed by atoms with Crippen LogP contribution in [0.1, 0.15) is 6.42 Å². The second-order valence-electron chi connectivity index (χ2n) is 1.38. The molecule has 4 nitrogen and oxygen atoms in total. The van der Waals surface area contributed by atoms with Crippen LogP contribution in [0.4, 0.5) is 0 Å². The van der Waals surface area contributed by atoms with Gasteiger partial charge in [-0.3, -0.25) is 4.57 Å².